The van der Waals surface area contributed by atoms with Crippen LogP contribution in [-0.4, -0.2) is 61.4 Å². The molecule has 1 amide bonds. The molecule has 1 saturated heterocycles. The standard InChI is InChI=1S/C25H28F3N5O3/c1-35-24(34)33-10-8-32(9-11-33)20-13-22(16-30-15-20)36-21-6-4-18(5-7-21)31-19-3-2-17(14-29)23(12-19)25(26,27)28/h2-3,12-13,15-16,18,21,31H,4-11H2,1H3/t18-,21-. The van der Waals surface area contributed by atoms with Crippen molar-refractivity contribution in [3.05, 3.63) is 47.8 Å². The van der Waals surface area contributed by atoms with Crippen molar-refractivity contribution in [1.29, 1.82) is 5.26 Å². The molecule has 1 N–H and O–H groups in total. The highest BCUT2D eigenvalue weighted by Crippen LogP contribution is 2.34. The molecular weight excluding hydrogens is 475 g/mol. The zero-order valence-electron chi connectivity index (χ0n) is 19.9. The number of nitrogens with zero attached hydrogens (tertiary/aromatic N) is 4. The molecule has 0 radical (unpaired) electrons. The number of pyridine rings is 1. The fourth-order valence-electron chi connectivity index (χ4n) is 4.64. The van der Waals surface area contributed by atoms with Gasteiger partial charge in [-0.05, 0) is 43.9 Å². The molecule has 2 aromatic rings. The summed E-state index contributed by atoms with van der Waals surface area (Å²) in [5.74, 6) is 0.668. The summed E-state index contributed by atoms with van der Waals surface area (Å²) in [5.41, 5.74) is -0.0269. The van der Waals surface area contributed by atoms with Gasteiger partial charge in [-0.1, -0.05) is 0 Å². The van der Waals surface area contributed by atoms with Crippen molar-refractivity contribution in [3.8, 4) is 11.8 Å². The smallest absolute Gasteiger partial charge is 0.417 e. The minimum Gasteiger partial charge on any atom is -0.489 e. The molecule has 0 spiro atoms. The summed E-state index contributed by atoms with van der Waals surface area (Å²) in [4.78, 5) is 19.8. The number of methoxy groups -OCH3 is 1. The number of carbonyl (C=O) groups excluding carboxylic acids is 1. The molecule has 1 aromatic carbocycles. The number of nitrogens with one attached hydrogen (secondary N) is 1. The first-order chi connectivity index (χ1) is 17.3. The second-order valence-electron chi connectivity index (χ2n) is 8.93. The van der Waals surface area contributed by atoms with E-state index >= 15 is 0 Å². The number of aromatic nitrogens is 1. The topological polar surface area (TPSA) is 90.7 Å². The molecule has 1 aliphatic heterocycles. The maximum atomic E-state index is 13.2. The largest absolute Gasteiger partial charge is 0.489 e. The maximum absolute atomic E-state index is 13.2. The number of hydrogen-bond acceptors (Lipinski definition) is 7. The molecule has 0 bridgehead atoms. The fraction of sp³-hybridized carbons (Fsp3) is 0.480. The molecule has 11 heteroatoms. The Hall–Kier alpha value is -3.68. The number of anilines is 2. The normalized spacial score (nSPS) is 20.4. The Balaban J connectivity index is 1.29. The summed E-state index contributed by atoms with van der Waals surface area (Å²) in [7, 11) is 1.37. The lowest BCUT2D eigenvalue weighted by Gasteiger charge is -2.35. The number of halogens is 3. The van der Waals surface area contributed by atoms with Crippen LogP contribution in [0.25, 0.3) is 0 Å². The molecule has 2 fully saturated rings. The molecule has 0 atom stereocenters. The minimum absolute atomic E-state index is 0.0111. The third-order valence-corrected chi connectivity index (χ3v) is 6.57. The molecule has 192 valence electrons. The predicted molar refractivity (Wildman–Crippen MR) is 127 cm³/mol. The van der Waals surface area contributed by atoms with Crippen molar-refractivity contribution in [2.45, 2.75) is 44.0 Å². The Morgan fingerprint density at radius 3 is 2.47 bits per heavy atom. The third kappa shape index (κ3) is 6.11. The quantitative estimate of drug-likeness (QED) is 0.635. The molecule has 2 heterocycles. The van der Waals surface area contributed by atoms with E-state index in [1.54, 1.807) is 23.4 Å². The van der Waals surface area contributed by atoms with Gasteiger partial charge in [-0.25, -0.2) is 4.79 Å². The van der Waals surface area contributed by atoms with Gasteiger partial charge in [0.15, 0.2) is 0 Å². The van der Waals surface area contributed by atoms with Gasteiger partial charge >= 0.3 is 12.3 Å². The van der Waals surface area contributed by atoms with Gasteiger partial charge in [0.25, 0.3) is 0 Å². The second kappa shape index (κ2) is 10.9. The van der Waals surface area contributed by atoms with Crippen molar-refractivity contribution in [1.82, 2.24) is 9.88 Å². The van der Waals surface area contributed by atoms with E-state index < -0.39 is 11.7 Å². The highest BCUT2D eigenvalue weighted by atomic mass is 19.4. The van der Waals surface area contributed by atoms with Gasteiger partial charge in [0, 0.05) is 44.0 Å². The second-order valence-corrected chi connectivity index (χ2v) is 8.93. The first kappa shape index (κ1) is 25.4. The first-order valence-electron chi connectivity index (χ1n) is 11.8. The van der Waals surface area contributed by atoms with Crippen molar-refractivity contribution in [2.75, 3.05) is 43.5 Å². The first-order valence-corrected chi connectivity index (χ1v) is 11.8. The number of carbonyl (C=O) groups is 1. The number of hydrogen-bond donors (Lipinski definition) is 1. The van der Waals surface area contributed by atoms with Crippen molar-refractivity contribution < 1.29 is 27.4 Å². The molecule has 1 aromatic heterocycles. The molecule has 2 aliphatic rings. The summed E-state index contributed by atoms with van der Waals surface area (Å²) in [6, 6.07) is 7.29. The van der Waals surface area contributed by atoms with Crippen LogP contribution < -0.4 is 15.0 Å². The van der Waals surface area contributed by atoms with Gasteiger partial charge in [0.1, 0.15) is 5.75 Å². The Kier molecular flexibility index (Phi) is 7.72. The van der Waals surface area contributed by atoms with Crippen LogP contribution in [0.2, 0.25) is 0 Å². The SMILES string of the molecule is COC(=O)N1CCN(c2cncc(O[C@H]3CC[C@H](Nc4ccc(C#N)c(C(F)(F)F)c4)CC3)c2)CC1. The van der Waals surface area contributed by atoms with Crippen molar-refractivity contribution in [3.63, 3.8) is 0 Å². The highest BCUT2D eigenvalue weighted by Gasteiger charge is 2.34. The van der Waals surface area contributed by atoms with Crippen LogP contribution in [0.5, 0.6) is 5.75 Å². The number of piperazine rings is 1. The van der Waals surface area contributed by atoms with Gasteiger partial charge in [-0.3, -0.25) is 4.98 Å². The number of nitriles is 1. The predicted octanol–water partition coefficient (Wildman–Crippen LogP) is 4.66. The zero-order chi connectivity index (χ0) is 25.7. The number of ether oxygens (including phenoxy) is 2. The van der Waals surface area contributed by atoms with E-state index in [0.29, 0.717) is 37.6 Å². The summed E-state index contributed by atoms with van der Waals surface area (Å²) in [5, 5.41) is 12.1. The van der Waals surface area contributed by atoms with E-state index in [2.05, 4.69) is 15.2 Å². The number of amides is 1. The average Bonchev–Trinajstić information content (AvgIpc) is 2.89. The molecule has 0 unspecified atom stereocenters. The van der Waals surface area contributed by atoms with Crippen LogP contribution in [0.3, 0.4) is 0 Å². The van der Waals surface area contributed by atoms with E-state index in [1.165, 1.54) is 19.2 Å². The molecule has 1 saturated carbocycles. The fourth-order valence-corrected chi connectivity index (χ4v) is 4.64. The molecule has 36 heavy (non-hydrogen) atoms. The van der Waals surface area contributed by atoms with Gasteiger partial charge in [-0.15, -0.1) is 0 Å². The van der Waals surface area contributed by atoms with Gasteiger partial charge in [-0.2, -0.15) is 18.4 Å². The third-order valence-electron chi connectivity index (χ3n) is 6.57. The van der Waals surface area contributed by atoms with Crippen LogP contribution in [-0.2, 0) is 10.9 Å². The zero-order valence-corrected chi connectivity index (χ0v) is 19.9. The minimum atomic E-state index is -4.58. The Labute approximate surface area is 207 Å². The lowest BCUT2D eigenvalue weighted by atomic mass is 9.92. The van der Waals surface area contributed by atoms with E-state index in [1.807, 2.05) is 6.07 Å². The van der Waals surface area contributed by atoms with E-state index in [-0.39, 0.29) is 23.8 Å². The molecule has 1 aliphatic carbocycles. The van der Waals surface area contributed by atoms with Crippen molar-refractivity contribution >= 4 is 17.5 Å². The Bertz CT molecular complexity index is 1100. The summed E-state index contributed by atoms with van der Waals surface area (Å²) in [6.45, 7) is 2.47. The van der Waals surface area contributed by atoms with Crippen LogP contribution in [0.15, 0.2) is 36.7 Å². The summed E-state index contributed by atoms with van der Waals surface area (Å²) >= 11 is 0. The monoisotopic (exact) mass is 503 g/mol. The van der Waals surface area contributed by atoms with Crippen LogP contribution in [0, 0.1) is 11.3 Å². The van der Waals surface area contributed by atoms with Crippen LogP contribution >= 0.6 is 0 Å². The Morgan fingerprint density at radius 2 is 1.83 bits per heavy atom. The van der Waals surface area contributed by atoms with E-state index in [0.717, 1.165) is 37.4 Å². The maximum Gasteiger partial charge on any atom is 0.417 e. The number of alkyl halides is 3. The van der Waals surface area contributed by atoms with E-state index in [4.69, 9.17) is 14.7 Å². The summed E-state index contributed by atoms with van der Waals surface area (Å²) < 4.78 is 50.7. The van der Waals surface area contributed by atoms with Crippen LogP contribution in [0.4, 0.5) is 29.3 Å². The molecular formula is C25H28F3N5O3. The number of rotatable bonds is 5. The number of benzene rings is 1. The Morgan fingerprint density at radius 1 is 1.11 bits per heavy atom. The lowest BCUT2D eigenvalue weighted by Crippen LogP contribution is -2.48. The van der Waals surface area contributed by atoms with Gasteiger partial charge in [0.05, 0.1) is 48.5 Å². The van der Waals surface area contributed by atoms with Crippen LogP contribution in [0.1, 0.15) is 36.8 Å². The molecule has 8 nitrogen and oxygen atoms in total. The molecule has 4 rings (SSSR count). The highest BCUT2D eigenvalue weighted by molar-refractivity contribution is 5.68. The van der Waals surface area contributed by atoms with Gasteiger partial charge in [0.2, 0.25) is 0 Å². The summed E-state index contributed by atoms with van der Waals surface area (Å²) in [6.07, 6.45) is 1.53. The lowest BCUT2D eigenvalue weighted by molar-refractivity contribution is -0.137. The van der Waals surface area contributed by atoms with E-state index in [9.17, 15) is 18.0 Å². The van der Waals surface area contributed by atoms with Crippen molar-refractivity contribution in [2.24, 2.45) is 0 Å². The van der Waals surface area contributed by atoms with Gasteiger partial charge < -0.3 is 24.6 Å². The average molecular weight is 504 g/mol.